The lowest BCUT2D eigenvalue weighted by molar-refractivity contribution is -0.143. The van der Waals surface area contributed by atoms with Crippen LogP contribution in [0.4, 0.5) is 0 Å². The van der Waals surface area contributed by atoms with Crippen LogP contribution in [0.1, 0.15) is 36.9 Å². The summed E-state index contributed by atoms with van der Waals surface area (Å²) >= 11 is 0. The summed E-state index contributed by atoms with van der Waals surface area (Å²) in [5.74, 6) is -2.15. The fourth-order valence-corrected chi connectivity index (χ4v) is 3.17. The Labute approximate surface area is 164 Å². The van der Waals surface area contributed by atoms with Crippen molar-refractivity contribution >= 4 is 32.9 Å². The molecule has 0 bridgehead atoms. The molecule has 2 aromatic rings. The lowest BCUT2D eigenvalue weighted by Gasteiger charge is -2.19. The summed E-state index contributed by atoms with van der Waals surface area (Å²) in [5, 5.41) is 16.9. The van der Waals surface area contributed by atoms with Crippen LogP contribution in [-0.4, -0.2) is 61.6 Å². The summed E-state index contributed by atoms with van der Waals surface area (Å²) in [6.45, 7) is 2.12. The average Bonchev–Trinajstić information content (AvgIpc) is 3.02. The second-order valence-electron chi connectivity index (χ2n) is 6.51. The highest BCUT2D eigenvalue weighted by Crippen LogP contribution is 2.27. The summed E-state index contributed by atoms with van der Waals surface area (Å²) in [6, 6.07) is 6.00. The normalized spacial score (nSPS) is 12.5. The van der Waals surface area contributed by atoms with Gasteiger partial charge in [0.2, 0.25) is 10.0 Å². The van der Waals surface area contributed by atoms with Gasteiger partial charge in [0.15, 0.2) is 0 Å². The molecule has 10 heteroatoms. The lowest BCUT2D eigenvalue weighted by Crippen LogP contribution is -2.20. The Morgan fingerprint density at radius 1 is 1.18 bits per heavy atom. The summed E-state index contributed by atoms with van der Waals surface area (Å²) in [6.07, 6.45) is 1.40. The summed E-state index contributed by atoms with van der Waals surface area (Å²) in [7, 11) is 2.24. The highest BCUT2D eigenvalue weighted by atomic mass is 32.2. The van der Waals surface area contributed by atoms with E-state index in [2.05, 4.69) is 21.5 Å². The van der Waals surface area contributed by atoms with E-state index in [4.69, 9.17) is 10.2 Å². The molecule has 0 aliphatic rings. The Hall–Kier alpha value is -2.43. The number of fused-ring (bicyclic) bond motifs is 1. The second-order valence-corrected chi connectivity index (χ2v) is 8.44. The predicted molar refractivity (Wildman–Crippen MR) is 107 cm³/mol. The van der Waals surface area contributed by atoms with Gasteiger partial charge in [-0.05, 0) is 51.3 Å². The number of hydrogen-bond donors (Lipinski definition) is 4. The molecule has 2 rings (SSSR count). The molecule has 1 aromatic heterocycles. The smallest absolute Gasteiger partial charge is 0.303 e. The van der Waals surface area contributed by atoms with Crippen molar-refractivity contribution in [3.63, 3.8) is 0 Å². The maximum atomic E-state index is 11.6. The number of aliphatic carboxylic acids is 2. The number of sulfonamides is 1. The monoisotopic (exact) mass is 413 g/mol. The zero-order valence-corrected chi connectivity index (χ0v) is 17.2. The quantitative estimate of drug-likeness (QED) is 0.517. The molecule has 156 valence electrons. The van der Waals surface area contributed by atoms with Crippen LogP contribution in [0.3, 0.4) is 0 Å². The van der Waals surface area contributed by atoms with Gasteiger partial charge in [0.25, 0.3) is 0 Å². The molecule has 1 aromatic carbocycles. The van der Waals surface area contributed by atoms with Crippen LogP contribution in [0.25, 0.3) is 10.9 Å². The van der Waals surface area contributed by atoms with E-state index in [1.54, 1.807) is 0 Å². The van der Waals surface area contributed by atoms with Crippen LogP contribution in [0.2, 0.25) is 0 Å². The molecular formula is C18H27N3O6S. The molecule has 28 heavy (non-hydrogen) atoms. The van der Waals surface area contributed by atoms with Crippen molar-refractivity contribution in [1.82, 2.24) is 14.6 Å². The SMILES string of the molecule is CNS(=O)(=O)Cc1ccc2[nH]cc(C(C)N(C)C)c2c1.O=C(O)CCC(=O)O. The van der Waals surface area contributed by atoms with Crippen LogP contribution >= 0.6 is 0 Å². The Morgan fingerprint density at radius 2 is 1.75 bits per heavy atom. The van der Waals surface area contributed by atoms with E-state index in [-0.39, 0.29) is 24.6 Å². The summed E-state index contributed by atoms with van der Waals surface area (Å²) in [4.78, 5) is 24.6. The van der Waals surface area contributed by atoms with E-state index < -0.39 is 22.0 Å². The van der Waals surface area contributed by atoms with Gasteiger partial charge in [-0.25, -0.2) is 13.1 Å². The molecular weight excluding hydrogens is 386 g/mol. The summed E-state index contributed by atoms with van der Waals surface area (Å²) in [5.41, 5.74) is 2.99. The molecule has 0 aliphatic carbocycles. The molecule has 0 fully saturated rings. The topological polar surface area (TPSA) is 140 Å². The van der Waals surface area contributed by atoms with Crippen molar-refractivity contribution in [2.45, 2.75) is 31.6 Å². The van der Waals surface area contributed by atoms with Gasteiger partial charge >= 0.3 is 11.9 Å². The summed E-state index contributed by atoms with van der Waals surface area (Å²) < 4.78 is 25.6. The number of nitrogens with zero attached hydrogens (tertiary/aromatic N) is 1. The Kier molecular flexibility index (Phi) is 8.61. The highest BCUT2D eigenvalue weighted by molar-refractivity contribution is 7.88. The molecule has 0 spiro atoms. The maximum absolute atomic E-state index is 11.6. The van der Waals surface area contributed by atoms with Crippen molar-refractivity contribution in [3.05, 3.63) is 35.5 Å². The standard InChI is InChI=1S/C14H21N3O2S.C4H6O4/c1-10(17(3)4)13-8-16-14-6-5-11(7-12(13)14)9-20(18,19)15-2;5-3(6)1-2-4(7)8/h5-8,10,15-16H,9H2,1-4H3;1-2H2,(H,5,6)(H,7,8). The Bertz CT molecular complexity index is 907. The average molecular weight is 413 g/mol. The fraction of sp³-hybridized carbons (Fsp3) is 0.444. The Morgan fingerprint density at radius 3 is 2.21 bits per heavy atom. The van der Waals surface area contributed by atoms with E-state index in [1.807, 2.05) is 38.5 Å². The lowest BCUT2D eigenvalue weighted by atomic mass is 10.0. The van der Waals surface area contributed by atoms with Gasteiger partial charge in [-0.3, -0.25) is 9.59 Å². The van der Waals surface area contributed by atoms with Crippen molar-refractivity contribution < 1.29 is 28.2 Å². The highest BCUT2D eigenvalue weighted by Gasteiger charge is 2.15. The predicted octanol–water partition coefficient (Wildman–Crippen LogP) is 1.78. The van der Waals surface area contributed by atoms with Gasteiger partial charge in [0.05, 0.1) is 18.6 Å². The number of benzene rings is 1. The first-order valence-electron chi connectivity index (χ1n) is 8.58. The van der Waals surface area contributed by atoms with Crippen LogP contribution < -0.4 is 4.72 Å². The zero-order valence-electron chi connectivity index (χ0n) is 16.4. The minimum atomic E-state index is -3.24. The maximum Gasteiger partial charge on any atom is 0.303 e. The molecule has 4 N–H and O–H groups in total. The minimum Gasteiger partial charge on any atom is -0.481 e. The molecule has 0 saturated carbocycles. The molecule has 1 unspecified atom stereocenters. The van der Waals surface area contributed by atoms with Gasteiger partial charge < -0.3 is 20.1 Å². The van der Waals surface area contributed by atoms with Crippen LogP contribution in [-0.2, 0) is 25.4 Å². The molecule has 1 heterocycles. The van der Waals surface area contributed by atoms with Crippen molar-refractivity contribution in [1.29, 1.82) is 0 Å². The first-order valence-corrected chi connectivity index (χ1v) is 10.2. The van der Waals surface area contributed by atoms with Gasteiger partial charge in [-0.15, -0.1) is 0 Å². The molecule has 0 radical (unpaired) electrons. The number of carboxylic acids is 2. The zero-order chi connectivity index (χ0) is 21.5. The first-order chi connectivity index (χ1) is 13.0. The van der Waals surface area contributed by atoms with Crippen molar-refractivity contribution in [2.24, 2.45) is 0 Å². The number of carbonyl (C=O) groups is 2. The number of aromatic amines is 1. The number of H-pyrrole nitrogens is 1. The van der Waals surface area contributed by atoms with E-state index in [0.29, 0.717) is 0 Å². The molecule has 0 saturated heterocycles. The Balaban J connectivity index is 0.000000416. The number of carboxylic acid groups (broad SMARTS) is 2. The number of nitrogens with one attached hydrogen (secondary N) is 2. The van der Waals surface area contributed by atoms with Gasteiger partial charge in [0.1, 0.15) is 0 Å². The van der Waals surface area contributed by atoms with Gasteiger partial charge in [-0.1, -0.05) is 6.07 Å². The third-order valence-corrected chi connectivity index (χ3v) is 5.56. The number of rotatable bonds is 8. The van der Waals surface area contributed by atoms with E-state index in [1.165, 1.54) is 12.6 Å². The molecule has 0 aliphatic heterocycles. The van der Waals surface area contributed by atoms with Crippen LogP contribution in [0.15, 0.2) is 24.4 Å². The number of aromatic nitrogens is 1. The molecule has 9 nitrogen and oxygen atoms in total. The van der Waals surface area contributed by atoms with Crippen LogP contribution in [0, 0.1) is 0 Å². The molecule has 1 atom stereocenters. The fourth-order valence-electron chi connectivity index (χ4n) is 2.41. The van der Waals surface area contributed by atoms with Gasteiger partial charge in [0, 0.05) is 23.1 Å². The van der Waals surface area contributed by atoms with Gasteiger partial charge in [-0.2, -0.15) is 0 Å². The first kappa shape index (κ1) is 23.6. The largest absolute Gasteiger partial charge is 0.481 e. The van der Waals surface area contributed by atoms with Crippen molar-refractivity contribution in [3.8, 4) is 0 Å². The third kappa shape index (κ3) is 7.29. The van der Waals surface area contributed by atoms with Crippen LogP contribution in [0.5, 0.6) is 0 Å². The third-order valence-electron chi connectivity index (χ3n) is 4.22. The van der Waals surface area contributed by atoms with E-state index in [9.17, 15) is 18.0 Å². The molecule has 0 amide bonds. The van der Waals surface area contributed by atoms with Crippen molar-refractivity contribution in [2.75, 3.05) is 21.1 Å². The minimum absolute atomic E-state index is 0.000402. The van der Waals surface area contributed by atoms with E-state index >= 15 is 0 Å². The second kappa shape index (κ2) is 10.2. The number of hydrogen-bond acceptors (Lipinski definition) is 5. The van der Waals surface area contributed by atoms with E-state index in [0.717, 1.165) is 16.5 Å².